The van der Waals surface area contributed by atoms with E-state index in [4.69, 9.17) is 0 Å². The quantitative estimate of drug-likeness (QED) is 0.579. The van der Waals surface area contributed by atoms with Crippen molar-refractivity contribution in [2.45, 2.75) is 31.1 Å². The lowest BCUT2D eigenvalue weighted by atomic mass is 9.98. The molecule has 6 heteroatoms. The van der Waals surface area contributed by atoms with E-state index in [-0.39, 0.29) is 0 Å². The average molecular weight is 398 g/mol. The number of carbonyl (C=O) groups excluding carboxylic acids is 2. The van der Waals surface area contributed by atoms with E-state index in [0.717, 1.165) is 24.4 Å². The molecular formula is C22H27N3O2S. The SMILES string of the molecule is CCN1CCCc2cc(CCNC(=O)C(=O)Nc3cccc(SC)c3)ccc21. The monoisotopic (exact) mass is 397 g/mol. The van der Waals surface area contributed by atoms with Gasteiger partial charge < -0.3 is 15.5 Å². The number of hydrogen-bond donors (Lipinski definition) is 2. The third kappa shape index (κ3) is 5.07. The fourth-order valence-electron chi connectivity index (χ4n) is 3.50. The average Bonchev–Trinajstić information content (AvgIpc) is 2.73. The third-order valence-corrected chi connectivity index (χ3v) is 5.70. The Morgan fingerprint density at radius 1 is 1.14 bits per heavy atom. The summed E-state index contributed by atoms with van der Waals surface area (Å²) in [5.74, 6) is -1.24. The Kier molecular flexibility index (Phi) is 6.98. The Morgan fingerprint density at radius 2 is 2.00 bits per heavy atom. The molecule has 0 aliphatic carbocycles. The predicted octanol–water partition coefficient (Wildman–Crippen LogP) is 3.48. The van der Waals surface area contributed by atoms with Crippen LogP contribution in [0.4, 0.5) is 11.4 Å². The molecule has 0 saturated heterocycles. The van der Waals surface area contributed by atoms with Gasteiger partial charge in [0.1, 0.15) is 0 Å². The van der Waals surface area contributed by atoms with Crippen molar-refractivity contribution in [2.75, 3.05) is 36.1 Å². The maximum absolute atomic E-state index is 12.1. The standard InChI is InChI=1S/C22H27N3O2S/c1-3-25-13-5-6-17-14-16(9-10-20(17)25)11-12-23-21(26)22(27)24-18-7-4-8-19(15-18)28-2/h4,7-10,14-15H,3,5-6,11-13H2,1-2H3,(H,23,26)(H,24,27). The van der Waals surface area contributed by atoms with Crippen LogP contribution in [0.15, 0.2) is 47.4 Å². The molecule has 0 saturated carbocycles. The van der Waals surface area contributed by atoms with Crippen molar-refractivity contribution in [1.29, 1.82) is 0 Å². The highest BCUT2D eigenvalue weighted by atomic mass is 32.2. The number of carbonyl (C=O) groups is 2. The maximum atomic E-state index is 12.1. The van der Waals surface area contributed by atoms with Gasteiger partial charge in [0, 0.05) is 35.9 Å². The Bertz CT molecular complexity index is 853. The summed E-state index contributed by atoms with van der Waals surface area (Å²) in [4.78, 5) is 27.6. The molecule has 3 rings (SSSR count). The summed E-state index contributed by atoms with van der Waals surface area (Å²) in [7, 11) is 0. The van der Waals surface area contributed by atoms with E-state index in [1.54, 1.807) is 17.8 Å². The molecule has 0 atom stereocenters. The van der Waals surface area contributed by atoms with Gasteiger partial charge in [0.05, 0.1) is 0 Å². The summed E-state index contributed by atoms with van der Waals surface area (Å²) in [6.07, 6.45) is 4.96. The number of aryl methyl sites for hydroxylation is 1. The van der Waals surface area contributed by atoms with Crippen molar-refractivity contribution < 1.29 is 9.59 Å². The first-order valence-electron chi connectivity index (χ1n) is 9.70. The first-order chi connectivity index (χ1) is 13.6. The second kappa shape index (κ2) is 9.64. The van der Waals surface area contributed by atoms with Crippen molar-refractivity contribution in [3.8, 4) is 0 Å². The normalized spacial score (nSPS) is 13.0. The molecular weight excluding hydrogens is 370 g/mol. The minimum Gasteiger partial charge on any atom is -0.372 e. The number of amides is 2. The van der Waals surface area contributed by atoms with Crippen LogP contribution >= 0.6 is 11.8 Å². The summed E-state index contributed by atoms with van der Waals surface area (Å²) in [6, 6.07) is 14.0. The number of nitrogens with one attached hydrogen (secondary N) is 2. The van der Waals surface area contributed by atoms with Crippen molar-refractivity contribution >= 4 is 35.0 Å². The molecule has 0 aromatic heterocycles. The van der Waals surface area contributed by atoms with E-state index in [1.807, 2.05) is 24.5 Å². The first kappa shape index (κ1) is 20.3. The van der Waals surface area contributed by atoms with Gasteiger partial charge in [-0.25, -0.2) is 0 Å². The number of fused-ring (bicyclic) bond motifs is 1. The lowest BCUT2D eigenvalue weighted by molar-refractivity contribution is -0.136. The molecule has 0 unspecified atom stereocenters. The minimum atomic E-state index is -0.637. The zero-order valence-electron chi connectivity index (χ0n) is 16.5. The molecule has 148 valence electrons. The van der Waals surface area contributed by atoms with Crippen LogP contribution in [0.3, 0.4) is 0 Å². The summed E-state index contributed by atoms with van der Waals surface area (Å²) < 4.78 is 0. The van der Waals surface area contributed by atoms with E-state index >= 15 is 0 Å². The molecule has 0 radical (unpaired) electrons. The fraction of sp³-hybridized carbons (Fsp3) is 0.364. The van der Waals surface area contributed by atoms with E-state index in [9.17, 15) is 9.59 Å². The minimum absolute atomic E-state index is 0.438. The third-order valence-electron chi connectivity index (χ3n) is 4.97. The summed E-state index contributed by atoms with van der Waals surface area (Å²) in [5, 5.41) is 5.36. The molecule has 1 aliphatic heterocycles. The van der Waals surface area contributed by atoms with Gasteiger partial charge in [-0.2, -0.15) is 0 Å². The maximum Gasteiger partial charge on any atom is 0.313 e. The van der Waals surface area contributed by atoms with Crippen molar-refractivity contribution in [1.82, 2.24) is 5.32 Å². The summed E-state index contributed by atoms with van der Waals surface area (Å²) in [5.41, 5.74) is 4.52. The number of rotatable bonds is 6. The molecule has 1 aliphatic rings. The number of nitrogens with zero attached hydrogens (tertiary/aromatic N) is 1. The second-order valence-corrected chi connectivity index (χ2v) is 7.72. The first-order valence-corrected chi connectivity index (χ1v) is 10.9. The van der Waals surface area contributed by atoms with Crippen molar-refractivity contribution in [3.05, 3.63) is 53.6 Å². The lowest BCUT2D eigenvalue weighted by Crippen LogP contribution is -2.36. The molecule has 2 amide bonds. The molecule has 5 nitrogen and oxygen atoms in total. The van der Waals surface area contributed by atoms with Gasteiger partial charge in [-0.05, 0) is 67.8 Å². The van der Waals surface area contributed by atoms with Crippen LogP contribution in [0.1, 0.15) is 24.5 Å². The van der Waals surface area contributed by atoms with Gasteiger partial charge in [0.25, 0.3) is 0 Å². The second-order valence-electron chi connectivity index (χ2n) is 6.84. The van der Waals surface area contributed by atoms with E-state index in [0.29, 0.717) is 18.7 Å². The smallest absolute Gasteiger partial charge is 0.313 e. The fourth-order valence-corrected chi connectivity index (χ4v) is 3.96. The molecule has 1 heterocycles. The predicted molar refractivity (Wildman–Crippen MR) is 116 cm³/mol. The van der Waals surface area contributed by atoms with Gasteiger partial charge in [-0.1, -0.05) is 18.2 Å². The molecule has 0 bridgehead atoms. The van der Waals surface area contributed by atoms with Gasteiger partial charge >= 0.3 is 11.8 Å². The topological polar surface area (TPSA) is 61.4 Å². The molecule has 2 N–H and O–H groups in total. The molecule has 2 aromatic rings. The highest BCUT2D eigenvalue weighted by Gasteiger charge is 2.16. The van der Waals surface area contributed by atoms with Gasteiger partial charge in [-0.3, -0.25) is 9.59 Å². The van der Waals surface area contributed by atoms with Crippen LogP contribution in [0.25, 0.3) is 0 Å². The zero-order valence-corrected chi connectivity index (χ0v) is 17.3. The van der Waals surface area contributed by atoms with Crippen molar-refractivity contribution in [3.63, 3.8) is 0 Å². The van der Waals surface area contributed by atoms with Crippen LogP contribution in [-0.4, -0.2) is 37.7 Å². The van der Waals surface area contributed by atoms with Crippen LogP contribution in [0.2, 0.25) is 0 Å². The molecule has 0 fully saturated rings. The zero-order chi connectivity index (χ0) is 19.9. The van der Waals surface area contributed by atoms with Crippen LogP contribution in [-0.2, 0) is 22.4 Å². The van der Waals surface area contributed by atoms with Gasteiger partial charge in [0.2, 0.25) is 0 Å². The lowest BCUT2D eigenvalue weighted by Gasteiger charge is -2.30. The number of anilines is 2. The summed E-state index contributed by atoms with van der Waals surface area (Å²) >= 11 is 1.59. The van der Waals surface area contributed by atoms with Gasteiger partial charge in [0.15, 0.2) is 0 Å². The molecule has 0 spiro atoms. The Balaban J connectivity index is 1.50. The molecule has 2 aromatic carbocycles. The van der Waals surface area contributed by atoms with E-state index in [1.165, 1.54) is 23.2 Å². The Hall–Kier alpha value is -2.47. The summed E-state index contributed by atoms with van der Waals surface area (Å²) in [6.45, 7) is 4.76. The van der Waals surface area contributed by atoms with E-state index in [2.05, 4.69) is 40.7 Å². The highest BCUT2D eigenvalue weighted by molar-refractivity contribution is 7.98. The Labute approximate surface area is 170 Å². The molecule has 28 heavy (non-hydrogen) atoms. The van der Waals surface area contributed by atoms with Crippen LogP contribution in [0, 0.1) is 0 Å². The van der Waals surface area contributed by atoms with Crippen molar-refractivity contribution in [2.24, 2.45) is 0 Å². The van der Waals surface area contributed by atoms with Gasteiger partial charge in [-0.15, -0.1) is 11.8 Å². The number of hydrogen-bond acceptors (Lipinski definition) is 4. The largest absolute Gasteiger partial charge is 0.372 e. The van der Waals surface area contributed by atoms with E-state index < -0.39 is 11.8 Å². The Morgan fingerprint density at radius 3 is 2.79 bits per heavy atom. The number of thioether (sulfide) groups is 1. The van der Waals surface area contributed by atoms with Crippen LogP contribution < -0.4 is 15.5 Å². The highest BCUT2D eigenvalue weighted by Crippen LogP contribution is 2.27. The number of benzene rings is 2. The van der Waals surface area contributed by atoms with Crippen LogP contribution in [0.5, 0.6) is 0 Å².